The molecular formula is C11H29I2N. The van der Waals surface area contributed by atoms with Gasteiger partial charge >= 0.3 is 0 Å². The molecule has 14 heavy (non-hydrogen) atoms. The topological polar surface area (TPSA) is 3.24 Å². The number of nitrogens with zero attached hydrogens (tertiary/aromatic N) is 1. The molecule has 3 heteroatoms. The van der Waals surface area contributed by atoms with E-state index in [9.17, 15) is 0 Å². The zero-order chi connectivity index (χ0) is 9.98. The van der Waals surface area contributed by atoms with Gasteiger partial charge in [0.05, 0.1) is 0 Å². The van der Waals surface area contributed by atoms with E-state index in [-0.39, 0.29) is 48.0 Å². The Balaban J connectivity index is -0.000000117. The minimum atomic E-state index is 0. The van der Waals surface area contributed by atoms with E-state index in [1.165, 1.54) is 25.8 Å². The highest BCUT2D eigenvalue weighted by molar-refractivity contribution is 14.0. The summed E-state index contributed by atoms with van der Waals surface area (Å²) in [6, 6.07) is 0.768. The molecule has 0 aliphatic heterocycles. The van der Waals surface area contributed by atoms with Crippen LogP contribution in [0.15, 0.2) is 0 Å². The third kappa shape index (κ3) is 15.9. The van der Waals surface area contributed by atoms with Crippen molar-refractivity contribution in [1.82, 2.24) is 4.90 Å². The van der Waals surface area contributed by atoms with Crippen LogP contribution >= 0.6 is 48.0 Å². The molecule has 0 aromatic carbocycles. The third-order valence-electron chi connectivity index (χ3n) is 2.04. The molecule has 1 atom stereocenters. The van der Waals surface area contributed by atoms with Gasteiger partial charge in [-0.25, -0.2) is 0 Å². The second-order valence-electron chi connectivity index (χ2n) is 3.12. The normalized spacial score (nSPS) is 10.5. The lowest BCUT2D eigenvalue weighted by atomic mass is 10.2. The van der Waals surface area contributed by atoms with E-state index in [4.69, 9.17) is 0 Å². The maximum absolute atomic E-state index is 2.43. The maximum Gasteiger partial charge on any atom is 0.00637 e. The summed E-state index contributed by atoms with van der Waals surface area (Å²) in [4.78, 5) is 2.43. The standard InChI is InChI=1S/C9H21N.C2H6.2HI/c1-5-7-9(3)10(4)8-6-2;1-2;;/h9H,5-8H2,1-4H3;1-2H3;2*1H. The van der Waals surface area contributed by atoms with Crippen LogP contribution in [0.25, 0.3) is 0 Å². The first-order chi connectivity index (χ1) is 5.72. The van der Waals surface area contributed by atoms with Gasteiger partial charge in [0.25, 0.3) is 0 Å². The summed E-state index contributed by atoms with van der Waals surface area (Å²) < 4.78 is 0. The fourth-order valence-electron chi connectivity index (χ4n) is 1.21. The number of rotatable bonds is 5. The van der Waals surface area contributed by atoms with Crippen LogP contribution in [-0.4, -0.2) is 24.5 Å². The van der Waals surface area contributed by atoms with Crippen LogP contribution in [-0.2, 0) is 0 Å². The maximum atomic E-state index is 2.43. The van der Waals surface area contributed by atoms with Crippen molar-refractivity contribution in [2.75, 3.05) is 13.6 Å². The van der Waals surface area contributed by atoms with Gasteiger partial charge in [-0.05, 0) is 33.4 Å². The summed E-state index contributed by atoms with van der Waals surface area (Å²) >= 11 is 0. The molecule has 0 aliphatic carbocycles. The van der Waals surface area contributed by atoms with Crippen molar-refractivity contribution < 1.29 is 0 Å². The van der Waals surface area contributed by atoms with E-state index in [0.29, 0.717) is 0 Å². The van der Waals surface area contributed by atoms with Crippen molar-refractivity contribution in [2.24, 2.45) is 0 Å². The van der Waals surface area contributed by atoms with Gasteiger partial charge in [-0.3, -0.25) is 0 Å². The molecule has 1 nitrogen and oxygen atoms in total. The summed E-state index contributed by atoms with van der Waals surface area (Å²) in [7, 11) is 2.21. The molecule has 0 aromatic rings. The van der Waals surface area contributed by atoms with E-state index in [2.05, 4.69) is 32.7 Å². The highest BCUT2D eigenvalue weighted by Crippen LogP contribution is 2.03. The lowest BCUT2D eigenvalue weighted by Crippen LogP contribution is -2.29. The quantitative estimate of drug-likeness (QED) is 0.569. The Kier molecular flexibility index (Phi) is 35.0. The second-order valence-corrected chi connectivity index (χ2v) is 3.12. The van der Waals surface area contributed by atoms with Crippen molar-refractivity contribution in [2.45, 2.75) is 59.9 Å². The number of hydrogen-bond acceptors (Lipinski definition) is 1. The SMILES string of the molecule is CC.CCCC(C)N(C)CCC.I.I. The molecule has 0 heterocycles. The molecule has 0 saturated heterocycles. The van der Waals surface area contributed by atoms with E-state index >= 15 is 0 Å². The van der Waals surface area contributed by atoms with Crippen molar-refractivity contribution in [3.8, 4) is 0 Å². The Morgan fingerprint density at radius 1 is 1.00 bits per heavy atom. The molecule has 1 unspecified atom stereocenters. The molecule has 0 fully saturated rings. The van der Waals surface area contributed by atoms with Crippen LogP contribution in [0.5, 0.6) is 0 Å². The number of hydrogen-bond donors (Lipinski definition) is 0. The first-order valence-electron chi connectivity index (χ1n) is 5.42. The first-order valence-corrected chi connectivity index (χ1v) is 5.42. The highest BCUT2D eigenvalue weighted by atomic mass is 127. The Morgan fingerprint density at radius 3 is 1.71 bits per heavy atom. The molecule has 0 N–H and O–H groups in total. The van der Waals surface area contributed by atoms with Crippen molar-refractivity contribution in [1.29, 1.82) is 0 Å². The largest absolute Gasteiger partial charge is 0.304 e. The highest BCUT2D eigenvalue weighted by Gasteiger charge is 2.04. The summed E-state index contributed by atoms with van der Waals surface area (Å²) in [6.45, 7) is 12.0. The molecule has 0 bridgehead atoms. The molecule has 0 aromatic heterocycles. The number of halogens is 2. The predicted molar refractivity (Wildman–Crippen MR) is 89.5 cm³/mol. The molecule has 0 radical (unpaired) electrons. The smallest absolute Gasteiger partial charge is 0.00637 e. The molecule has 0 saturated carbocycles. The fourth-order valence-corrected chi connectivity index (χ4v) is 1.21. The van der Waals surface area contributed by atoms with Gasteiger partial charge < -0.3 is 4.90 Å². The van der Waals surface area contributed by atoms with Crippen LogP contribution in [0.4, 0.5) is 0 Å². The van der Waals surface area contributed by atoms with Crippen LogP contribution in [0.1, 0.15) is 53.9 Å². The predicted octanol–water partition coefficient (Wildman–Crippen LogP) is 4.78. The molecule has 0 spiro atoms. The lowest BCUT2D eigenvalue weighted by molar-refractivity contribution is 0.245. The fraction of sp³-hybridized carbons (Fsp3) is 1.00. The van der Waals surface area contributed by atoms with Crippen LogP contribution in [0.3, 0.4) is 0 Å². The summed E-state index contributed by atoms with van der Waals surface area (Å²) in [5.74, 6) is 0. The van der Waals surface area contributed by atoms with Crippen molar-refractivity contribution in [3.05, 3.63) is 0 Å². The van der Waals surface area contributed by atoms with E-state index in [1.807, 2.05) is 13.8 Å². The van der Waals surface area contributed by atoms with E-state index < -0.39 is 0 Å². The second kappa shape index (κ2) is 19.9. The van der Waals surface area contributed by atoms with Gasteiger partial charge in [0.1, 0.15) is 0 Å². The van der Waals surface area contributed by atoms with E-state index in [1.54, 1.807) is 0 Å². The average molecular weight is 429 g/mol. The van der Waals surface area contributed by atoms with Gasteiger partial charge in [-0.2, -0.15) is 0 Å². The molecular weight excluding hydrogens is 400 g/mol. The molecule has 0 amide bonds. The van der Waals surface area contributed by atoms with Gasteiger partial charge in [-0.15, -0.1) is 48.0 Å². The minimum Gasteiger partial charge on any atom is -0.304 e. The van der Waals surface area contributed by atoms with Gasteiger partial charge in [0.2, 0.25) is 0 Å². The molecule has 0 rings (SSSR count). The van der Waals surface area contributed by atoms with Crippen LogP contribution < -0.4 is 0 Å². The van der Waals surface area contributed by atoms with Gasteiger partial charge in [-0.1, -0.05) is 34.1 Å². The average Bonchev–Trinajstić information content (AvgIpc) is 2.09. The zero-order valence-electron chi connectivity index (χ0n) is 10.7. The Hall–Kier alpha value is 1.42. The first kappa shape index (κ1) is 24.6. The minimum absolute atomic E-state index is 0. The molecule has 92 valence electrons. The van der Waals surface area contributed by atoms with Crippen molar-refractivity contribution in [3.63, 3.8) is 0 Å². The summed E-state index contributed by atoms with van der Waals surface area (Å²) in [5.41, 5.74) is 0. The van der Waals surface area contributed by atoms with Gasteiger partial charge in [0, 0.05) is 6.04 Å². The van der Waals surface area contributed by atoms with Crippen LogP contribution in [0.2, 0.25) is 0 Å². The Morgan fingerprint density at radius 2 is 1.43 bits per heavy atom. The third-order valence-corrected chi connectivity index (χ3v) is 2.04. The summed E-state index contributed by atoms with van der Waals surface area (Å²) in [6.07, 6.45) is 3.90. The Bertz CT molecular complexity index is 69.7. The van der Waals surface area contributed by atoms with E-state index in [0.717, 1.165) is 6.04 Å². The lowest BCUT2D eigenvalue weighted by Gasteiger charge is -2.23. The molecule has 0 aliphatic rings. The van der Waals surface area contributed by atoms with Gasteiger partial charge in [0.15, 0.2) is 0 Å². The summed E-state index contributed by atoms with van der Waals surface area (Å²) in [5, 5.41) is 0. The monoisotopic (exact) mass is 429 g/mol. The van der Waals surface area contributed by atoms with Crippen LogP contribution in [0, 0.1) is 0 Å². The van der Waals surface area contributed by atoms with Crippen molar-refractivity contribution >= 4 is 48.0 Å². The Labute approximate surface area is 125 Å². The zero-order valence-corrected chi connectivity index (χ0v) is 15.3.